The fourth-order valence-corrected chi connectivity index (χ4v) is 3.82. The molecule has 2 aliphatic rings. The van der Waals surface area contributed by atoms with Gasteiger partial charge < -0.3 is 9.47 Å². The van der Waals surface area contributed by atoms with Crippen molar-refractivity contribution < 1.29 is 14.3 Å². The van der Waals surface area contributed by atoms with Crippen molar-refractivity contribution in [2.24, 2.45) is 0 Å². The molecule has 28 heavy (non-hydrogen) atoms. The highest BCUT2D eigenvalue weighted by Gasteiger charge is 2.29. The number of carbonyl (C=O) groups is 1. The van der Waals surface area contributed by atoms with Gasteiger partial charge in [-0.3, -0.25) is 9.69 Å². The SMILES string of the molecule is C=CC(=Cc1ccc2c(c1)OCO2)C(=O)N(c1ccccn1)C1CCCCC1. The molecular formula is C23H24N2O3. The molecule has 0 N–H and O–H groups in total. The zero-order chi connectivity index (χ0) is 19.3. The van der Waals surface area contributed by atoms with E-state index in [1.54, 1.807) is 12.3 Å². The molecular weight excluding hydrogens is 352 g/mol. The number of ether oxygens (including phenoxy) is 2. The minimum atomic E-state index is -0.0710. The second-order valence-electron chi connectivity index (χ2n) is 7.07. The van der Waals surface area contributed by atoms with Crippen LogP contribution in [0.4, 0.5) is 5.82 Å². The summed E-state index contributed by atoms with van der Waals surface area (Å²) in [6.45, 7) is 4.11. The lowest BCUT2D eigenvalue weighted by molar-refractivity contribution is -0.115. The smallest absolute Gasteiger partial charge is 0.259 e. The van der Waals surface area contributed by atoms with Gasteiger partial charge >= 0.3 is 0 Å². The lowest BCUT2D eigenvalue weighted by atomic mass is 9.93. The summed E-state index contributed by atoms with van der Waals surface area (Å²) in [4.78, 5) is 19.8. The monoisotopic (exact) mass is 376 g/mol. The van der Waals surface area contributed by atoms with Crippen LogP contribution in [0.15, 0.2) is 60.8 Å². The zero-order valence-corrected chi connectivity index (χ0v) is 15.8. The van der Waals surface area contributed by atoms with E-state index in [9.17, 15) is 4.79 Å². The van der Waals surface area contributed by atoms with Crippen molar-refractivity contribution in [2.45, 2.75) is 38.1 Å². The third-order valence-electron chi connectivity index (χ3n) is 5.24. The molecule has 0 radical (unpaired) electrons. The second kappa shape index (κ2) is 8.30. The molecule has 0 spiro atoms. The van der Waals surface area contributed by atoms with Crippen molar-refractivity contribution in [3.63, 3.8) is 0 Å². The Morgan fingerprint density at radius 1 is 1.11 bits per heavy atom. The Morgan fingerprint density at radius 3 is 2.68 bits per heavy atom. The van der Waals surface area contributed by atoms with Gasteiger partial charge in [-0.15, -0.1) is 0 Å². The Bertz CT molecular complexity index is 886. The summed E-state index contributed by atoms with van der Waals surface area (Å²) in [5, 5.41) is 0. The van der Waals surface area contributed by atoms with Gasteiger partial charge in [0.1, 0.15) is 5.82 Å². The van der Waals surface area contributed by atoms with Crippen LogP contribution in [0, 0.1) is 0 Å². The number of pyridine rings is 1. The van der Waals surface area contributed by atoms with E-state index in [1.165, 1.54) is 6.42 Å². The topological polar surface area (TPSA) is 51.7 Å². The van der Waals surface area contributed by atoms with Crippen LogP contribution in [0.25, 0.3) is 6.08 Å². The van der Waals surface area contributed by atoms with E-state index >= 15 is 0 Å². The number of carbonyl (C=O) groups excluding carboxylic acids is 1. The molecule has 4 rings (SSSR count). The van der Waals surface area contributed by atoms with Crippen LogP contribution in [0.5, 0.6) is 11.5 Å². The number of nitrogens with zero attached hydrogens (tertiary/aromatic N) is 2. The highest BCUT2D eigenvalue weighted by molar-refractivity contribution is 6.10. The summed E-state index contributed by atoms with van der Waals surface area (Å²) in [6, 6.07) is 11.5. The minimum Gasteiger partial charge on any atom is -0.454 e. The minimum absolute atomic E-state index is 0.0710. The summed E-state index contributed by atoms with van der Waals surface area (Å²) in [5.41, 5.74) is 1.41. The fraction of sp³-hybridized carbons (Fsp3) is 0.304. The molecule has 1 aliphatic carbocycles. The van der Waals surface area contributed by atoms with Crippen LogP contribution in [0.2, 0.25) is 0 Å². The molecule has 144 valence electrons. The molecule has 2 aromatic rings. The summed E-state index contributed by atoms with van der Waals surface area (Å²) >= 11 is 0. The van der Waals surface area contributed by atoms with Gasteiger partial charge in [0, 0.05) is 17.8 Å². The Labute approximate surface area is 165 Å². The number of rotatable bonds is 5. The average molecular weight is 376 g/mol. The largest absolute Gasteiger partial charge is 0.454 e. The normalized spacial score (nSPS) is 16.6. The van der Waals surface area contributed by atoms with Crippen molar-refractivity contribution in [3.8, 4) is 11.5 Å². The highest BCUT2D eigenvalue weighted by Crippen LogP contribution is 2.33. The molecule has 0 unspecified atom stereocenters. The average Bonchev–Trinajstić information content (AvgIpc) is 3.21. The highest BCUT2D eigenvalue weighted by atomic mass is 16.7. The maximum Gasteiger partial charge on any atom is 0.259 e. The Kier molecular flexibility index (Phi) is 5.42. The molecule has 1 amide bonds. The first-order chi connectivity index (χ1) is 13.8. The van der Waals surface area contributed by atoms with E-state index in [-0.39, 0.29) is 18.7 Å². The molecule has 0 atom stereocenters. The number of amides is 1. The molecule has 5 nitrogen and oxygen atoms in total. The van der Waals surface area contributed by atoms with E-state index < -0.39 is 0 Å². The maximum absolute atomic E-state index is 13.5. The Morgan fingerprint density at radius 2 is 1.93 bits per heavy atom. The van der Waals surface area contributed by atoms with Gasteiger partial charge in [-0.2, -0.15) is 0 Å². The molecule has 0 saturated heterocycles. The van der Waals surface area contributed by atoms with Crippen LogP contribution >= 0.6 is 0 Å². The lowest BCUT2D eigenvalue weighted by Crippen LogP contribution is -2.42. The van der Waals surface area contributed by atoms with Crippen molar-refractivity contribution >= 4 is 17.8 Å². The quantitative estimate of drug-likeness (QED) is 0.558. The van der Waals surface area contributed by atoms with Crippen molar-refractivity contribution in [2.75, 3.05) is 11.7 Å². The van der Waals surface area contributed by atoms with Gasteiger partial charge in [0.2, 0.25) is 6.79 Å². The third-order valence-corrected chi connectivity index (χ3v) is 5.24. The van der Waals surface area contributed by atoms with Gasteiger partial charge in [0.25, 0.3) is 5.91 Å². The van der Waals surface area contributed by atoms with Crippen LogP contribution in [0.1, 0.15) is 37.7 Å². The van der Waals surface area contributed by atoms with Crippen molar-refractivity contribution in [1.82, 2.24) is 4.98 Å². The number of aromatic nitrogens is 1. The van der Waals surface area contributed by atoms with E-state index in [4.69, 9.17) is 9.47 Å². The molecule has 0 bridgehead atoms. The zero-order valence-electron chi connectivity index (χ0n) is 15.8. The number of fused-ring (bicyclic) bond motifs is 1. The predicted molar refractivity (Wildman–Crippen MR) is 109 cm³/mol. The second-order valence-corrected chi connectivity index (χ2v) is 7.07. The molecule has 5 heteroatoms. The molecule has 1 fully saturated rings. The molecule has 1 saturated carbocycles. The number of benzene rings is 1. The first-order valence-electron chi connectivity index (χ1n) is 9.74. The summed E-state index contributed by atoms with van der Waals surface area (Å²) in [7, 11) is 0. The van der Waals surface area contributed by atoms with Gasteiger partial charge in [0.05, 0.1) is 0 Å². The van der Waals surface area contributed by atoms with Crippen molar-refractivity contribution in [1.29, 1.82) is 0 Å². The summed E-state index contributed by atoms with van der Waals surface area (Å²) < 4.78 is 10.8. The first-order valence-corrected chi connectivity index (χ1v) is 9.74. The third kappa shape index (κ3) is 3.79. The number of hydrogen-bond donors (Lipinski definition) is 0. The molecule has 1 aromatic carbocycles. The van der Waals surface area contributed by atoms with Gasteiger partial charge in [-0.25, -0.2) is 4.98 Å². The van der Waals surface area contributed by atoms with E-state index in [0.29, 0.717) is 17.1 Å². The van der Waals surface area contributed by atoms with Crippen LogP contribution in [-0.4, -0.2) is 23.7 Å². The van der Waals surface area contributed by atoms with Crippen LogP contribution in [-0.2, 0) is 4.79 Å². The maximum atomic E-state index is 13.5. The van der Waals surface area contributed by atoms with E-state index in [0.717, 1.165) is 37.0 Å². The van der Waals surface area contributed by atoms with Gasteiger partial charge in [-0.05, 0) is 48.7 Å². The molecule has 1 aliphatic heterocycles. The van der Waals surface area contributed by atoms with Crippen molar-refractivity contribution in [3.05, 3.63) is 66.4 Å². The number of hydrogen-bond acceptors (Lipinski definition) is 4. The Balaban J connectivity index is 1.66. The lowest BCUT2D eigenvalue weighted by Gasteiger charge is -2.34. The molecule has 1 aromatic heterocycles. The van der Waals surface area contributed by atoms with E-state index in [1.807, 2.05) is 47.4 Å². The summed E-state index contributed by atoms with van der Waals surface area (Å²) in [5.74, 6) is 2.04. The fourth-order valence-electron chi connectivity index (χ4n) is 3.82. The van der Waals surface area contributed by atoms with Crippen LogP contribution < -0.4 is 14.4 Å². The standard InChI is InChI=1S/C23H24N2O3/c1-2-18(14-17-11-12-20-21(15-17)28-16-27-20)23(26)25(19-8-4-3-5-9-19)22-10-6-7-13-24-22/h2,6-7,10-15,19H,1,3-5,8-9,16H2. The predicted octanol–water partition coefficient (Wildman–Crippen LogP) is 4.75. The van der Waals surface area contributed by atoms with E-state index in [2.05, 4.69) is 11.6 Å². The molecule has 2 heterocycles. The Hall–Kier alpha value is -3.08. The first kappa shape index (κ1) is 18.3. The van der Waals surface area contributed by atoms with Gasteiger partial charge in [0.15, 0.2) is 11.5 Å². The van der Waals surface area contributed by atoms with Crippen LogP contribution in [0.3, 0.4) is 0 Å². The number of anilines is 1. The van der Waals surface area contributed by atoms with Gasteiger partial charge in [-0.1, -0.05) is 44.1 Å². The summed E-state index contributed by atoms with van der Waals surface area (Å²) in [6.07, 6.45) is 10.7.